The second-order valence-corrected chi connectivity index (χ2v) is 10.0. The quantitative estimate of drug-likeness (QED) is 0.669. The number of aromatic nitrogens is 1. The number of hydrogen-bond acceptors (Lipinski definition) is 6. The maximum absolute atomic E-state index is 12.9. The first-order valence-electron chi connectivity index (χ1n) is 8.49. The van der Waals surface area contributed by atoms with Crippen LogP contribution in [0.1, 0.15) is 13.8 Å². The van der Waals surface area contributed by atoms with E-state index in [2.05, 4.69) is 9.71 Å². The minimum atomic E-state index is -4.18. The maximum Gasteiger partial charge on any atom is 0.264 e. The second kappa shape index (κ2) is 8.64. The summed E-state index contributed by atoms with van der Waals surface area (Å²) in [7, 11) is -4.51. The average Bonchev–Trinajstić information content (AvgIpc) is 2.62. The van der Waals surface area contributed by atoms with E-state index >= 15 is 0 Å². The molecule has 0 radical (unpaired) electrons. The molecule has 0 saturated carbocycles. The molecule has 28 heavy (non-hydrogen) atoms. The molecule has 1 aromatic heterocycles. The monoisotopic (exact) mass is 446 g/mol. The van der Waals surface area contributed by atoms with Crippen LogP contribution in [0.25, 0.3) is 0 Å². The van der Waals surface area contributed by atoms with Gasteiger partial charge in [-0.2, -0.15) is 4.31 Å². The van der Waals surface area contributed by atoms with Crippen LogP contribution in [0.15, 0.2) is 46.3 Å². The van der Waals surface area contributed by atoms with Crippen LogP contribution in [0.4, 0.5) is 11.5 Å². The molecule has 0 aliphatic heterocycles. The molecular formula is C17H23ClN4O4S2. The average molecular weight is 447 g/mol. The zero-order valence-corrected chi connectivity index (χ0v) is 18.4. The molecule has 0 amide bonds. The molecule has 0 spiro atoms. The van der Waals surface area contributed by atoms with Crippen LogP contribution in [0.2, 0.25) is 5.02 Å². The zero-order chi connectivity index (χ0) is 21.1. The van der Waals surface area contributed by atoms with Gasteiger partial charge in [0.05, 0.1) is 15.6 Å². The highest BCUT2D eigenvalue weighted by Crippen LogP contribution is 2.30. The molecule has 8 nitrogen and oxygen atoms in total. The highest BCUT2D eigenvalue weighted by atomic mass is 35.5. The lowest BCUT2D eigenvalue weighted by Gasteiger charge is -2.20. The third-order valence-electron chi connectivity index (χ3n) is 4.03. The molecule has 0 atom stereocenters. The number of hydrogen-bond donors (Lipinski definition) is 1. The van der Waals surface area contributed by atoms with Gasteiger partial charge in [-0.3, -0.25) is 4.72 Å². The largest absolute Gasteiger partial charge is 0.375 e. The molecule has 0 unspecified atom stereocenters. The van der Waals surface area contributed by atoms with Crippen molar-refractivity contribution in [1.82, 2.24) is 9.29 Å². The Bertz CT molecular complexity index is 1050. The Labute approximate surface area is 171 Å². The predicted molar refractivity (Wildman–Crippen MR) is 111 cm³/mol. The summed E-state index contributed by atoms with van der Waals surface area (Å²) in [5, 5.41) is -0.0895. The van der Waals surface area contributed by atoms with E-state index in [9.17, 15) is 16.8 Å². The molecule has 0 aliphatic carbocycles. The van der Waals surface area contributed by atoms with E-state index in [0.717, 1.165) is 6.07 Å². The topological polar surface area (TPSA) is 99.7 Å². The van der Waals surface area contributed by atoms with Crippen LogP contribution in [-0.4, -0.2) is 53.3 Å². The molecule has 2 rings (SSSR count). The number of sulfonamides is 2. The van der Waals surface area contributed by atoms with Gasteiger partial charge >= 0.3 is 0 Å². The van der Waals surface area contributed by atoms with Crippen molar-refractivity contribution in [3.8, 4) is 0 Å². The number of pyridine rings is 1. The summed E-state index contributed by atoms with van der Waals surface area (Å²) < 4.78 is 54.9. The Morgan fingerprint density at radius 1 is 1.07 bits per heavy atom. The van der Waals surface area contributed by atoms with E-state index in [1.165, 1.54) is 22.6 Å². The van der Waals surface area contributed by atoms with Crippen molar-refractivity contribution < 1.29 is 16.8 Å². The number of anilines is 2. The fourth-order valence-electron chi connectivity index (χ4n) is 2.58. The van der Waals surface area contributed by atoms with Gasteiger partial charge < -0.3 is 4.90 Å². The Morgan fingerprint density at radius 3 is 2.29 bits per heavy atom. The molecule has 0 bridgehead atoms. The SMILES string of the molecule is CCN(CC)S(=O)(=O)c1ccc(Cl)c(S(=O)(=O)Nc2ncccc2N(C)C)c1. The van der Waals surface area contributed by atoms with Crippen molar-refractivity contribution >= 4 is 43.2 Å². The normalized spacial score (nSPS) is 12.2. The first-order chi connectivity index (χ1) is 13.0. The van der Waals surface area contributed by atoms with Gasteiger partial charge in [-0.1, -0.05) is 25.4 Å². The molecule has 1 heterocycles. The third-order valence-corrected chi connectivity index (χ3v) is 7.90. The number of nitrogens with one attached hydrogen (secondary N) is 1. The van der Waals surface area contributed by atoms with Crippen LogP contribution in [-0.2, 0) is 20.0 Å². The second-order valence-electron chi connectivity index (χ2n) is 6.05. The first-order valence-corrected chi connectivity index (χ1v) is 11.8. The summed E-state index contributed by atoms with van der Waals surface area (Å²) >= 11 is 6.09. The van der Waals surface area contributed by atoms with Gasteiger partial charge in [-0.05, 0) is 30.3 Å². The number of nitrogens with zero attached hydrogens (tertiary/aromatic N) is 3. The Balaban J connectivity index is 2.53. The van der Waals surface area contributed by atoms with Gasteiger partial charge in [0, 0.05) is 33.4 Å². The first kappa shape index (κ1) is 22.4. The minimum Gasteiger partial charge on any atom is -0.375 e. The summed E-state index contributed by atoms with van der Waals surface area (Å²) in [6.45, 7) is 3.95. The number of rotatable bonds is 8. The Kier molecular flexibility index (Phi) is 6.92. The molecule has 0 aliphatic rings. The lowest BCUT2D eigenvalue weighted by molar-refractivity contribution is 0.445. The van der Waals surface area contributed by atoms with Crippen molar-refractivity contribution in [1.29, 1.82) is 0 Å². The van der Waals surface area contributed by atoms with Crippen LogP contribution in [0.3, 0.4) is 0 Å². The minimum absolute atomic E-state index is 0.0895. The summed E-state index contributed by atoms with van der Waals surface area (Å²) in [5.74, 6) is 0.112. The van der Waals surface area contributed by atoms with Crippen molar-refractivity contribution in [3.63, 3.8) is 0 Å². The van der Waals surface area contributed by atoms with Crippen LogP contribution in [0, 0.1) is 0 Å². The van der Waals surface area contributed by atoms with Gasteiger partial charge in [-0.15, -0.1) is 0 Å². The van der Waals surface area contributed by atoms with Gasteiger partial charge in [-0.25, -0.2) is 21.8 Å². The number of benzene rings is 1. The van der Waals surface area contributed by atoms with Crippen LogP contribution < -0.4 is 9.62 Å². The van der Waals surface area contributed by atoms with E-state index in [4.69, 9.17) is 11.6 Å². The molecule has 2 aromatic rings. The highest BCUT2D eigenvalue weighted by molar-refractivity contribution is 7.93. The standard InChI is InChI=1S/C17H23ClN4O4S2/c1-5-22(6-2)28(25,26)13-9-10-14(18)16(12-13)27(23,24)20-17-15(21(3)4)8-7-11-19-17/h7-12H,5-6H2,1-4H3,(H,19,20). The predicted octanol–water partition coefficient (Wildman–Crippen LogP) is 2.63. The fourth-order valence-corrected chi connectivity index (χ4v) is 5.69. The number of halogens is 1. The van der Waals surface area contributed by atoms with Gasteiger partial charge in [0.25, 0.3) is 10.0 Å². The molecule has 11 heteroatoms. The van der Waals surface area contributed by atoms with Crippen LogP contribution >= 0.6 is 11.6 Å². The van der Waals surface area contributed by atoms with E-state index in [-0.39, 0.29) is 33.7 Å². The van der Waals surface area contributed by atoms with E-state index in [1.807, 2.05) is 0 Å². The van der Waals surface area contributed by atoms with E-state index < -0.39 is 20.0 Å². The maximum atomic E-state index is 12.9. The van der Waals surface area contributed by atoms with E-state index in [1.54, 1.807) is 45.0 Å². The third kappa shape index (κ3) is 4.57. The van der Waals surface area contributed by atoms with Gasteiger partial charge in [0.15, 0.2) is 5.82 Å². The highest BCUT2D eigenvalue weighted by Gasteiger charge is 2.27. The van der Waals surface area contributed by atoms with Crippen LogP contribution in [0.5, 0.6) is 0 Å². The summed E-state index contributed by atoms with van der Waals surface area (Å²) in [5.41, 5.74) is 0.550. The van der Waals surface area contributed by atoms with Gasteiger partial charge in [0.2, 0.25) is 10.0 Å². The zero-order valence-electron chi connectivity index (χ0n) is 16.0. The molecule has 0 fully saturated rings. The summed E-state index contributed by atoms with van der Waals surface area (Å²) in [6, 6.07) is 7.00. The molecule has 154 valence electrons. The molecule has 1 N–H and O–H groups in total. The fraction of sp³-hybridized carbons (Fsp3) is 0.353. The van der Waals surface area contributed by atoms with Gasteiger partial charge in [0.1, 0.15) is 4.90 Å². The van der Waals surface area contributed by atoms with Crippen molar-refractivity contribution in [2.24, 2.45) is 0 Å². The Hall–Kier alpha value is -1.88. The van der Waals surface area contributed by atoms with Crippen molar-refractivity contribution in [2.75, 3.05) is 36.8 Å². The molecule has 1 aromatic carbocycles. The summed E-state index contributed by atoms with van der Waals surface area (Å²) in [6.07, 6.45) is 1.45. The van der Waals surface area contributed by atoms with E-state index in [0.29, 0.717) is 5.69 Å². The van der Waals surface area contributed by atoms with Crippen molar-refractivity contribution in [2.45, 2.75) is 23.6 Å². The van der Waals surface area contributed by atoms with Crippen molar-refractivity contribution in [3.05, 3.63) is 41.6 Å². The lowest BCUT2D eigenvalue weighted by atomic mass is 10.4. The summed E-state index contributed by atoms with van der Waals surface area (Å²) in [4.78, 5) is 5.29. The molecule has 0 saturated heterocycles. The Morgan fingerprint density at radius 2 is 1.71 bits per heavy atom. The smallest absolute Gasteiger partial charge is 0.264 e. The molecular weight excluding hydrogens is 424 g/mol. The lowest BCUT2D eigenvalue weighted by Crippen LogP contribution is -2.30.